The summed E-state index contributed by atoms with van der Waals surface area (Å²) in [6.07, 6.45) is 2.23. The number of benzene rings is 3. The summed E-state index contributed by atoms with van der Waals surface area (Å²) in [6.45, 7) is 13.9. The summed E-state index contributed by atoms with van der Waals surface area (Å²) in [6, 6.07) is 30.1. The van der Waals surface area contributed by atoms with E-state index in [1.807, 2.05) is 108 Å². The highest BCUT2D eigenvalue weighted by molar-refractivity contribution is 5.79. The van der Waals surface area contributed by atoms with Crippen molar-refractivity contribution < 1.29 is 23.8 Å². The van der Waals surface area contributed by atoms with Gasteiger partial charge in [-0.2, -0.15) is 0 Å². The van der Waals surface area contributed by atoms with E-state index >= 15 is 0 Å². The van der Waals surface area contributed by atoms with Crippen molar-refractivity contribution in [3.8, 4) is 0 Å². The summed E-state index contributed by atoms with van der Waals surface area (Å²) in [5.74, 6) is -2.37. The summed E-state index contributed by atoms with van der Waals surface area (Å²) in [7, 11) is 0. The Bertz CT molecular complexity index is 1370. The summed E-state index contributed by atoms with van der Waals surface area (Å²) < 4.78 is 17.7. The van der Waals surface area contributed by atoms with Gasteiger partial charge < -0.3 is 19.1 Å². The second kappa shape index (κ2) is 14.7. The Morgan fingerprint density at radius 3 is 1.77 bits per heavy atom. The first-order valence-electron chi connectivity index (χ1n) is 15.6. The third-order valence-electron chi connectivity index (χ3n) is 7.48. The maximum atomic E-state index is 14.5. The monoisotopic (exact) mass is 597 g/mol. The van der Waals surface area contributed by atoms with Crippen LogP contribution in [0.25, 0.3) is 5.70 Å². The molecule has 0 aromatic heterocycles. The van der Waals surface area contributed by atoms with Gasteiger partial charge in [-0.1, -0.05) is 97.1 Å². The van der Waals surface area contributed by atoms with Gasteiger partial charge in [0.1, 0.15) is 11.2 Å². The van der Waals surface area contributed by atoms with Crippen molar-refractivity contribution in [3.05, 3.63) is 114 Å². The van der Waals surface area contributed by atoms with Gasteiger partial charge in [-0.15, -0.1) is 0 Å². The van der Waals surface area contributed by atoms with Gasteiger partial charge in [-0.25, -0.2) is 0 Å². The van der Waals surface area contributed by atoms with E-state index in [2.05, 4.69) is 35.2 Å². The molecule has 4 rings (SSSR count). The smallest absolute Gasteiger partial charge is 0.311 e. The number of allylic oxidation sites excluding steroid dienone is 1. The fourth-order valence-corrected chi connectivity index (χ4v) is 5.70. The van der Waals surface area contributed by atoms with Gasteiger partial charge in [0, 0.05) is 30.6 Å². The first kappa shape index (κ1) is 33.0. The standard InChI is InChI=1S/C38H47NO5/c1-37(2,3)43-34(40)27-32(29-18-12-8-13-19-29)35(36(41)44-38(4,5)6)31(28-16-10-7-11-17-28)26-33(30-20-14-9-15-21-30)39-22-24-42-25-23-39/h7-21,26,31-32,35H,22-25,27H2,1-6H3/b33-26+. The molecule has 0 N–H and O–H groups in total. The van der Waals surface area contributed by atoms with Gasteiger partial charge in [-0.3, -0.25) is 9.59 Å². The molecule has 1 aliphatic heterocycles. The second-order valence-electron chi connectivity index (χ2n) is 13.3. The lowest BCUT2D eigenvalue weighted by molar-refractivity contribution is -0.162. The van der Waals surface area contributed by atoms with Crippen molar-refractivity contribution in [1.29, 1.82) is 0 Å². The van der Waals surface area contributed by atoms with Crippen molar-refractivity contribution in [2.45, 2.75) is 71.0 Å². The van der Waals surface area contributed by atoms with Crippen LogP contribution in [0.3, 0.4) is 0 Å². The number of ether oxygens (including phenoxy) is 3. The van der Waals surface area contributed by atoms with E-state index in [4.69, 9.17) is 14.2 Å². The lowest BCUT2D eigenvalue weighted by atomic mass is 9.72. The van der Waals surface area contributed by atoms with Crippen LogP contribution in [-0.2, 0) is 23.8 Å². The molecule has 1 fully saturated rings. The van der Waals surface area contributed by atoms with Crippen molar-refractivity contribution >= 4 is 17.6 Å². The molecule has 3 unspecified atom stereocenters. The maximum absolute atomic E-state index is 14.5. The summed E-state index contributed by atoms with van der Waals surface area (Å²) in [5, 5.41) is 0. The van der Waals surface area contributed by atoms with E-state index in [9.17, 15) is 9.59 Å². The zero-order chi connectivity index (χ0) is 31.7. The Morgan fingerprint density at radius 2 is 1.25 bits per heavy atom. The largest absolute Gasteiger partial charge is 0.460 e. The van der Waals surface area contributed by atoms with Crippen LogP contribution in [0, 0.1) is 5.92 Å². The SMILES string of the molecule is CC(C)(C)OC(=O)CC(c1ccccc1)C(C(=O)OC(C)(C)C)C(/C=C(\c1ccccc1)N1CCOCC1)c1ccccc1. The summed E-state index contributed by atoms with van der Waals surface area (Å²) in [4.78, 5) is 30.3. The average molecular weight is 598 g/mol. The normalized spacial score (nSPS) is 16.5. The number of nitrogens with zero attached hydrogens (tertiary/aromatic N) is 1. The minimum Gasteiger partial charge on any atom is -0.460 e. The second-order valence-corrected chi connectivity index (χ2v) is 13.3. The topological polar surface area (TPSA) is 65.1 Å². The minimum atomic E-state index is -0.730. The zero-order valence-electron chi connectivity index (χ0n) is 27.0. The van der Waals surface area contributed by atoms with Crippen LogP contribution in [0.2, 0.25) is 0 Å². The van der Waals surface area contributed by atoms with Gasteiger partial charge in [-0.05, 0) is 58.2 Å². The molecule has 6 heteroatoms. The van der Waals surface area contributed by atoms with Gasteiger partial charge in [0.15, 0.2) is 0 Å². The Labute approximate surface area is 263 Å². The van der Waals surface area contributed by atoms with E-state index in [0.717, 1.165) is 35.5 Å². The van der Waals surface area contributed by atoms with Crippen molar-refractivity contribution in [2.75, 3.05) is 26.3 Å². The molecule has 234 valence electrons. The zero-order valence-corrected chi connectivity index (χ0v) is 27.0. The van der Waals surface area contributed by atoms with Crippen LogP contribution >= 0.6 is 0 Å². The Balaban J connectivity index is 1.95. The molecule has 1 saturated heterocycles. The molecule has 6 nitrogen and oxygen atoms in total. The molecule has 1 heterocycles. The van der Waals surface area contributed by atoms with Crippen LogP contribution < -0.4 is 0 Å². The Morgan fingerprint density at radius 1 is 0.750 bits per heavy atom. The average Bonchev–Trinajstić information content (AvgIpc) is 2.98. The van der Waals surface area contributed by atoms with Gasteiger partial charge in [0.2, 0.25) is 0 Å². The molecule has 44 heavy (non-hydrogen) atoms. The molecule has 0 radical (unpaired) electrons. The maximum Gasteiger partial charge on any atom is 0.311 e. The van der Waals surface area contributed by atoms with Crippen LogP contribution in [0.1, 0.15) is 76.5 Å². The van der Waals surface area contributed by atoms with E-state index < -0.39 is 29.0 Å². The van der Waals surface area contributed by atoms with E-state index in [1.54, 1.807) is 0 Å². The van der Waals surface area contributed by atoms with Crippen molar-refractivity contribution in [2.24, 2.45) is 5.92 Å². The van der Waals surface area contributed by atoms with E-state index in [0.29, 0.717) is 13.2 Å². The number of hydrogen-bond donors (Lipinski definition) is 0. The highest BCUT2D eigenvalue weighted by atomic mass is 16.6. The van der Waals surface area contributed by atoms with Crippen LogP contribution in [-0.4, -0.2) is 54.3 Å². The predicted octanol–water partition coefficient (Wildman–Crippen LogP) is 7.62. The number of carbonyl (C=O) groups is 2. The van der Waals surface area contributed by atoms with Gasteiger partial charge in [0.25, 0.3) is 0 Å². The highest BCUT2D eigenvalue weighted by Crippen LogP contribution is 2.43. The van der Waals surface area contributed by atoms with Crippen LogP contribution in [0.5, 0.6) is 0 Å². The first-order valence-corrected chi connectivity index (χ1v) is 15.6. The summed E-state index contributed by atoms with van der Waals surface area (Å²) in [5.41, 5.74) is 2.56. The molecular formula is C38H47NO5. The molecule has 0 aliphatic carbocycles. The first-order chi connectivity index (χ1) is 20.9. The molecule has 3 atom stereocenters. The number of rotatable bonds is 10. The fourth-order valence-electron chi connectivity index (χ4n) is 5.70. The quantitative estimate of drug-likeness (QED) is 0.224. The minimum absolute atomic E-state index is 0.0284. The highest BCUT2D eigenvalue weighted by Gasteiger charge is 2.41. The van der Waals surface area contributed by atoms with Crippen molar-refractivity contribution in [1.82, 2.24) is 4.90 Å². The Hall–Kier alpha value is -3.90. The molecular weight excluding hydrogens is 550 g/mol. The molecule has 1 aliphatic rings. The number of morpholine rings is 1. The number of hydrogen-bond acceptors (Lipinski definition) is 6. The third-order valence-corrected chi connectivity index (χ3v) is 7.48. The molecule has 0 amide bonds. The van der Waals surface area contributed by atoms with Crippen LogP contribution in [0.15, 0.2) is 97.1 Å². The van der Waals surface area contributed by atoms with E-state index in [1.165, 1.54) is 0 Å². The van der Waals surface area contributed by atoms with Crippen molar-refractivity contribution in [3.63, 3.8) is 0 Å². The molecule has 3 aromatic rings. The molecule has 3 aromatic carbocycles. The number of carbonyl (C=O) groups excluding carboxylic acids is 2. The van der Waals surface area contributed by atoms with E-state index in [-0.39, 0.29) is 18.4 Å². The number of esters is 2. The Kier molecular flexibility index (Phi) is 11.0. The van der Waals surface area contributed by atoms with Crippen LogP contribution in [0.4, 0.5) is 0 Å². The lowest BCUT2D eigenvalue weighted by Crippen LogP contribution is -2.38. The molecule has 0 spiro atoms. The summed E-state index contributed by atoms with van der Waals surface area (Å²) >= 11 is 0. The van der Waals surface area contributed by atoms with Gasteiger partial charge >= 0.3 is 11.9 Å². The molecule has 0 saturated carbocycles. The molecule has 0 bridgehead atoms. The fraction of sp³-hybridized carbons (Fsp3) is 0.421. The lowest BCUT2D eigenvalue weighted by Gasteiger charge is -2.36. The third kappa shape index (κ3) is 9.55. The van der Waals surface area contributed by atoms with Gasteiger partial charge in [0.05, 0.1) is 25.6 Å². The predicted molar refractivity (Wildman–Crippen MR) is 175 cm³/mol.